The molecule has 1 amide bonds. The van der Waals surface area contributed by atoms with Gasteiger partial charge in [0.2, 0.25) is 0 Å². The monoisotopic (exact) mass is 320 g/mol. The summed E-state index contributed by atoms with van der Waals surface area (Å²) >= 11 is 0. The van der Waals surface area contributed by atoms with Crippen LogP contribution in [-0.4, -0.2) is 40.1 Å². The van der Waals surface area contributed by atoms with E-state index >= 15 is 0 Å². The van der Waals surface area contributed by atoms with Gasteiger partial charge < -0.3 is 10.2 Å². The Morgan fingerprint density at radius 1 is 1.35 bits per heavy atom. The lowest BCUT2D eigenvalue weighted by atomic mass is 10.0. The maximum absolute atomic E-state index is 13.3. The molecule has 1 aromatic heterocycles. The molecule has 1 saturated heterocycles. The van der Waals surface area contributed by atoms with Crippen LogP contribution in [0.3, 0.4) is 0 Å². The predicted molar refractivity (Wildman–Crippen MR) is 82.2 cm³/mol. The number of likely N-dealkylation sites (tertiary alicyclic amines) is 1. The highest BCUT2D eigenvalue weighted by Crippen LogP contribution is 2.19. The number of halogens is 2. The van der Waals surface area contributed by atoms with Gasteiger partial charge in [-0.25, -0.2) is 8.78 Å². The second-order valence-electron chi connectivity index (χ2n) is 5.80. The van der Waals surface area contributed by atoms with E-state index in [4.69, 9.17) is 0 Å². The molecule has 1 unspecified atom stereocenters. The number of piperidine rings is 1. The molecule has 3 rings (SSSR count). The first-order valence-corrected chi connectivity index (χ1v) is 7.56. The Kier molecular flexibility index (Phi) is 4.27. The minimum Gasteiger partial charge on any atom is -0.380 e. The van der Waals surface area contributed by atoms with E-state index in [0.29, 0.717) is 24.5 Å². The smallest absolute Gasteiger partial charge is 0.274 e. The Bertz CT molecular complexity index is 716. The van der Waals surface area contributed by atoms with Gasteiger partial charge in [0.15, 0.2) is 11.6 Å². The standard InChI is InChI=1S/C16H18F2N4O/c1-10-7-15(21-20-10)16(23)22-6-2-3-12(9-22)19-11-4-5-13(17)14(18)8-11/h4-5,7-8,12,19H,2-3,6,9H2,1H3,(H,20,21). The molecule has 1 aliphatic heterocycles. The van der Waals surface area contributed by atoms with Gasteiger partial charge in [-0.3, -0.25) is 9.89 Å². The number of hydrogen-bond acceptors (Lipinski definition) is 3. The third-order valence-electron chi connectivity index (χ3n) is 3.92. The van der Waals surface area contributed by atoms with Crippen LogP contribution in [-0.2, 0) is 0 Å². The molecule has 1 aromatic carbocycles. The summed E-state index contributed by atoms with van der Waals surface area (Å²) in [7, 11) is 0. The fourth-order valence-corrected chi connectivity index (χ4v) is 2.79. The third kappa shape index (κ3) is 3.49. The Morgan fingerprint density at radius 3 is 2.87 bits per heavy atom. The second kappa shape index (κ2) is 6.36. The summed E-state index contributed by atoms with van der Waals surface area (Å²) in [5.74, 6) is -1.87. The first-order valence-electron chi connectivity index (χ1n) is 7.56. The van der Waals surface area contributed by atoms with Crippen LogP contribution >= 0.6 is 0 Å². The summed E-state index contributed by atoms with van der Waals surface area (Å²) in [5, 5.41) is 9.92. The van der Waals surface area contributed by atoms with Crippen molar-refractivity contribution in [3.63, 3.8) is 0 Å². The lowest BCUT2D eigenvalue weighted by Crippen LogP contribution is -2.45. The van der Waals surface area contributed by atoms with E-state index in [2.05, 4.69) is 15.5 Å². The molecule has 5 nitrogen and oxygen atoms in total. The van der Waals surface area contributed by atoms with Gasteiger partial charge in [0.25, 0.3) is 5.91 Å². The van der Waals surface area contributed by atoms with E-state index in [9.17, 15) is 13.6 Å². The first-order chi connectivity index (χ1) is 11.0. The number of hydrogen-bond donors (Lipinski definition) is 2. The summed E-state index contributed by atoms with van der Waals surface area (Å²) in [6.45, 7) is 3.01. The van der Waals surface area contributed by atoms with Crippen molar-refractivity contribution < 1.29 is 13.6 Å². The molecule has 2 aromatic rings. The maximum atomic E-state index is 13.3. The summed E-state index contributed by atoms with van der Waals surface area (Å²) in [6.07, 6.45) is 1.71. The Hall–Kier alpha value is -2.44. The van der Waals surface area contributed by atoms with Gasteiger partial charge >= 0.3 is 0 Å². The largest absolute Gasteiger partial charge is 0.380 e. The van der Waals surface area contributed by atoms with Crippen LogP contribution in [0.5, 0.6) is 0 Å². The van der Waals surface area contributed by atoms with Crippen LogP contribution in [0.1, 0.15) is 29.0 Å². The Balaban J connectivity index is 1.66. The fraction of sp³-hybridized carbons (Fsp3) is 0.375. The number of carbonyl (C=O) groups is 1. The van der Waals surface area contributed by atoms with Gasteiger partial charge in [-0.05, 0) is 38.0 Å². The average molecular weight is 320 g/mol. The number of rotatable bonds is 3. The van der Waals surface area contributed by atoms with Crippen molar-refractivity contribution in [2.75, 3.05) is 18.4 Å². The topological polar surface area (TPSA) is 61.0 Å². The zero-order valence-corrected chi connectivity index (χ0v) is 12.8. The second-order valence-corrected chi connectivity index (χ2v) is 5.80. The highest BCUT2D eigenvalue weighted by Gasteiger charge is 2.25. The lowest BCUT2D eigenvalue weighted by molar-refractivity contribution is 0.0709. The molecule has 122 valence electrons. The molecule has 1 aliphatic rings. The number of carbonyl (C=O) groups excluding carboxylic acids is 1. The summed E-state index contributed by atoms with van der Waals surface area (Å²) < 4.78 is 26.2. The van der Waals surface area contributed by atoms with Gasteiger partial charge in [-0.2, -0.15) is 5.10 Å². The van der Waals surface area contributed by atoms with Crippen LogP contribution in [0, 0.1) is 18.6 Å². The molecule has 1 fully saturated rings. The van der Waals surface area contributed by atoms with Gasteiger partial charge in [0.1, 0.15) is 5.69 Å². The highest BCUT2D eigenvalue weighted by molar-refractivity contribution is 5.92. The quantitative estimate of drug-likeness (QED) is 0.914. The molecular formula is C16H18F2N4O. The molecule has 0 bridgehead atoms. The number of aromatic amines is 1. The number of benzene rings is 1. The molecule has 7 heteroatoms. The summed E-state index contributed by atoms with van der Waals surface area (Å²) in [4.78, 5) is 14.1. The highest BCUT2D eigenvalue weighted by atomic mass is 19.2. The number of anilines is 1. The molecule has 0 aliphatic carbocycles. The molecule has 0 saturated carbocycles. The minimum atomic E-state index is -0.884. The van der Waals surface area contributed by atoms with Crippen molar-refractivity contribution in [1.29, 1.82) is 0 Å². The summed E-state index contributed by atoms with van der Waals surface area (Å²) in [6, 6.07) is 5.44. The Morgan fingerprint density at radius 2 is 2.17 bits per heavy atom. The van der Waals surface area contributed by atoms with E-state index in [0.717, 1.165) is 30.7 Å². The molecule has 2 heterocycles. The molecule has 0 radical (unpaired) electrons. The summed E-state index contributed by atoms with van der Waals surface area (Å²) in [5.41, 5.74) is 1.75. The number of nitrogens with zero attached hydrogens (tertiary/aromatic N) is 2. The Labute approximate surface area is 132 Å². The van der Waals surface area contributed by atoms with Crippen LogP contribution in [0.25, 0.3) is 0 Å². The van der Waals surface area contributed by atoms with Crippen LogP contribution < -0.4 is 5.32 Å². The fourth-order valence-electron chi connectivity index (χ4n) is 2.79. The number of nitrogens with one attached hydrogen (secondary N) is 2. The number of aryl methyl sites for hydroxylation is 1. The van der Waals surface area contributed by atoms with E-state index in [1.165, 1.54) is 6.07 Å². The van der Waals surface area contributed by atoms with Crippen molar-refractivity contribution in [2.45, 2.75) is 25.8 Å². The van der Waals surface area contributed by atoms with Crippen molar-refractivity contribution in [2.24, 2.45) is 0 Å². The number of amides is 1. The van der Waals surface area contributed by atoms with Crippen LogP contribution in [0.2, 0.25) is 0 Å². The average Bonchev–Trinajstić information content (AvgIpc) is 2.97. The zero-order valence-electron chi connectivity index (χ0n) is 12.8. The molecule has 23 heavy (non-hydrogen) atoms. The first kappa shape index (κ1) is 15.5. The molecule has 1 atom stereocenters. The SMILES string of the molecule is Cc1cc(C(=O)N2CCCC(Nc3ccc(F)c(F)c3)C2)n[nH]1. The van der Waals surface area contributed by atoms with Gasteiger partial charge in [-0.15, -0.1) is 0 Å². The van der Waals surface area contributed by atoms with E-state index < -0.39 is 11.6 Å². The van der Waals surface area contributed by atoms with E-state index in [1.54, 1.807) is 11.0 Å². The van der Waals surface area contributed by atoms with Crippen LogP contribution in [0.15, 0.2) is 24.3 Å². The molecular weight excluding hydrogens is 302 g/mol. The molecule has 0 spiro atoms. The van der Waals surface area contributed by atoms with Crippen molar-refractivity contribution in [3.8, 4) is 0 Å². The zero-order chi connectivity index (χ0) is 16.4. The molecule has 2 N–H and O–H groups in total. The van der Waals surface area contributed by atoms with E-state index in [-0.39, 0.29) is 11.9 Å². The predicted octanol–water partition coefficient (Wildman–Crippen LogP) is 2.71. The number of H-pyrrole nitrogens is 1. The minimum absolute atomic E-state index is 0.00222. The third-order valence-corrected chi connectivity index (χ3v) is 3.92. The van der Waals surface area contributed by atoms with Gasteiger partial charge in [-0.1, -0.05) is 0 Å². The van der Waals surface area contributed by atoms with Crippen molar-refractivity contribution in [1.82, 2.24) is 15.1 Å². The van der Waals surface area contributed by atoms with E-state index in [1.807, 2.05) is 6.92 Å². The van der Waals surface area contributed by atoms with Gasteiger partial charge in [0.05, 0.1) is 0 Å². The lowest BCUT2D eigenvalue weighted by Gasteiger charge is -2.33. The maximum Gasteiger partial charge on any atom is 0.274 e. The van der Waals surface area contributed by atoms with Crippen LogP contribution in [0.4, 0.5) is 14.5 Å². The normalized spacial score (nSPS) is 18.0. The van der Waals surface area contributed by atoms with Crippen molar-refractivity contribution >= 4 is 11.6 Å². The number of aromatic nitrogens is 2. The van der Waals surface area contributed by atoms with Crippen molar-refractivity contribution in [3.05, 3.63) is 47.3 Å². The van der Waals surface area contributed by atoms with Gasteiger partial charge in [0, 0.05) is 36.6 Å².